The Morgan fingerprint density at radius 2 is 2.36 bits per heavy atom. The largest absolute Gasteiger partial charge is 0.396 e. The van der Waals surface area contributed by atoms with E-state index in [4.69, 9.17) is 16.1 Å². The first kappa shape index (κ1) is 11.8. The van der Waals surface area contributed by atoms with Gasteiger partial charge in [0.1, 0.15) is 5.54 Å². The van der Waals surface area contributed by atoms with Crippen LogP contribution in [0.5, 0.6) is 0 Å². The molecule has 1 aliphatic rings. The number of nitrogens with two attached hydrogens (primary N) is 1. The summed E-state index contributed by atoms with van der Waals surface area (Å²) in [6.07, 6.45) is 2.19. The van der Waals surface area contributed by atoms with E-state index < -0.39 is 5.54 Å². The lowest BCUT2D eigenvalue weighted by Gasteiger charge is -2.21. The molecule has 1 fully saturated rings. The zero-order chi connectivity index (χ0) is 10.6. The third-order valence-corrected chi connectivity index (χ3v) is 4.06. The minimum atomic E-state index is -0.625. The minimum absolute atomic E-state index is 0.209. The number of hydrogen-bond acceptors (Lipinski definition) is 4. The van der Waals surface area contributed by atoms with Gasteiger partial charge >= 0.3 is 0 Å². The van der Waals surface area contributed by atoms with Gasteiger partial charge in [-0.3, -0.25) is 0 Å². The molecule has 14 heavy (non-hydrogen) atoms. The molecule has 0 aromatic carbocycles. The van der Waals surface area contributed by atoms with Gasteiger partial charge in [0.05, 0.1) is 6.07 Å². The van der Waals surface area contributed by atoms with Crippen LogP contribution in [0.25, 0.3) is 0 Å². The van der Waals surface area contributed by atoms with Gasteiger partial charge in [-0.25, -0.2) is 0 Å². The molecule has 1 aliphatic carbocycles. The van der Waals surface area contributed by atoms with E-state index in [1.165, 1.54) is 0 Å². The van der Waals surface area contributed by atoms with Crippen LogP contribution in [-0.2, 0) is 0 Å². The highest BCUT2D eigenvalue weighted by atomic mass is 32.2. The van der Waals surface area contributed by atoms with Gasteiger partial charge < -0.3 is 10.8 Å². The van der Waals surface area contributed by atoms with Crippen molar-refractivity contribution in [1.29, 1.82) is 5.26 Å². The minimum Gasteiger partial charge on any atom is -0.396 e. The summed E-state index contributed by atoms with van der Waals surface area (Å²) < 4.78 is 0. The zero-order valence-electron chi connectivity index (χ0n) is 8.57. The van der Waals surface area contributed by atoms with E-state index in [0.29, 0.717) is 17.6 Å². The maximum atomic E-state index is 8.98. The molecule has 80 valence electrons. The summed E-state index contributed by atoms with van der Waals surface area (Å²) >= 11 is 1.68. The van der Waals surface area contributed by atoms with Crippen molar-refractivity contribution >= 4 is 11.8 Å². The van der Waals surface area contributed by atoms with E-state index in [2.05, 4.69) is 6.07 Å². The summed E-state index contributed by atoms with van der Waals surface area (Å²) in [7, 11) is 0. The first-order chi connectivity index (χ1) is 6.62. The van der Waals surface area contributed by atoms with Crippen LogP contribution in [0.1, 0.15) is 19.8 Å². The summed E-state index contributed by atoms with van der Waals surface area (Å²) in [5.41, 5.74) is 5.36. The van der Waals surface area contributed by atoms with Crippen molar-refractivity contribution in [3.63, 3.8) is 0 Å². The Morgan fingerprint density at radius 1 is 1.71 bits per heavy atom. The Morgan fingerprint density at radius 3 is 2.79 bits per heavy atom. The summed E-state index contributed by atoms with van der Waals surface area (Å²) in [5, 5.41) is 17.8. The molecule has 1 rings (SSSR count). The normalized spacial score (nSPS) is 22.4. The molecule has 2 unspecified atom stereocenters. The highest BCUT2D eigenvalue weighted by Crippen LogP contribution is 2.39. The predicted molar refractivity (Wildman–Crippen MR) is 58.8 cm³/mol. The lowest BCUT2D eigenvalue weighted by molar-refractivity contribution is 0.250. The summed E-state index contributed by atoms with van der Waals surface area (Å²) in [5.74, 6) is 2.27. The molecule has 3 nitrogen and oxygen atoms in total. The van der Waals surface area contributed by atoms with Crippen LogP contribution in [0, 0.1) is 23.2 Å². The highest BCUT2D eigenvalue weighted by molar-refractivity contribution is 7.99. The molecule has 0 aromatic heterocycles. The maximum Gasteiger partial charge on any atom is 0.116 e. The smallest absolute Gasteiger partial charge is 0.116 e. The first-order valence-electron chi connectivity index (χ1n) is 5.01. The van der Waals surface area contributed by atoms with Gasteiger partial charge in [0.15, 0.2) is 0 Å². The molecule has 1 saturated carbocycles. The number of rotatable bonds is 6. The molecular weight excluding hydrogens is 196 g/mol. The van der Waals surface area contributed by atoms with Crippen LogP contribution in [-0.4, -0.2) is 28.8 Å². The summed E-state index contributed by atoms with van der Waals surface area (Å²) in [6, 6.07) is 2.23. The topological polar surface area (TPSA) is 70.0 Å². The van der Waals surface area contributed by atoms with E-state index >= 15 is 0 Å². The average Bonchev–Trinajstić information content (AvgIpc) is 3.00. The fourth-order valence-electron chi connectivity index (χ4n) is 1.32. The molecule has 0 spiro atoms. The van der Waals surface area contributed by atoms with Crippen LogP contribution < -0.4 is 5.73 Å². The Kier molecular flexibility index (Phi) is 4.24. The van der Waals surface area contributed by atoms with Gasteiger partial charge in [0, 0.05) is 12.4 Å². The molecule has 0 radical (unpaired) electrons. The molecular formula is C10H18N2OS. The van der Waals surface area contributed by atoms with Crippen molar-refractivity contribution in [2.24, 2.45) is 17.6 Å². The molecule has 0 amide bonds. The predicted octanol–water partition coefficient (Wildman–Crippen LogP) is 0.979. The molecule has 0 aliphatic heterocycles. The summed E-state index contributed by atoms with van der Waals surface area (Å²) in [4.78, 5) is 0. The van der Waals surface area contributed by atoms with E-state index in [9.17, 15) is 0 Å². The van der Waals surface area contributed by atoms with Crippen LogP contribution in [0.4, 0.5) is 0 Å². The zero-order valence-corrected chi connectivity index (χ0v) is 9.39. The van der Waals surface area contributed by atoms with Crippen molar-refractivity contribution in [2.45, 2.75) is 25.3 Å². The lowest BCUT2D eigenvalue weighted by Crippen LogP contribution is -2.43. The number of thioether (sulfide) groups is 1. The lowest BCUT2D eigenvalue weighted by atomic mass is 10.00. The van der Waals surface area contributed by atoms with Gasteiger partial charge in [0.25, 0.3) is 0 Å². The number of hydrogen-bond donors (Lipinski definition) is 2. The number of nitriles is 1. The molecule has 0 bridgehead atoms. The fraction of sp³-hybridized carbons (Fsp3) is 0.900. The highest BCUT2D eigenvalue weighted by Gasteiger charge is 2.42. The molecule has 0 saturated heterocycles. The van der Waals surface area contributed by atoms with Gasteiger partial charge in [0.2, 0.25) is 0 Å². The molecule has 2 atom stereocenters. The maximum absolute atomic E-state index is 8.98. The second kappa shape index (κ2) is 5.01. The monoisotopic (exact) mass is 214 g/mol. The van der Waals surface area contributed by atoms with E-state index in [-0.39, 0.29) is 6.61 Å². The van der Waals surface area contributed by atoms with E-state index in [1.807, 2.05) is 6.92 Å². The van der Waals surface area contributed by atoms with E-state index in [1.54, 1.807) is 11.8 Å². The molecule has 0 aromatic rings. The fourth-order valence-corrected chi connectivity index (χ4v) is 2.59. The van der Waals surface area contributed by atoms with Gasteiger partial charge in [-0.15, -0.1) is 0 Å². The van der Waals surface area contributed by atoms with Crippen LogP contribution in [0.15, 0.2) is 0 Å². The van der Waals surface area contributed by atoms with Crippen molar-refractivity contribution in [1.82, 2.24) is 0 Å². The third-order valence-electron chi connectivity index (χ3n) is 2.57. The SMILES string of the molecule is CC(CO)CSCC(N)(C#N)C1CC1. The van der Waals surface area contributed by atoms with Gasteiger partial charge in [-0.05, 0) is 30.4 Å². The average molecular weight is 214 g/mol. The van der Waals surface area contributed by atoms with Crippen LogP contribution in [0.2, 0.25) is 0 Å². The van der Waals surface area contributed by atoms with Crippen molar-refractivity contribution < 1.29 is 5.11 Å². The van der Waals surface area contributed by atoms with E-state index in [0.717, 1.165) is 18.6 Å². The first-order valence-corrected chi connectivity index (χ1v) is 6.16. The molecule has 0 heterocycles. The summed E-state index contributed by atoms with van der Waals surface area (Å²) in [6.45, 7) is 2.20. The third kappa shape index (κ3) is 3.16. The van der Waals surface area contributed by atoms with Crippen molar-refractivity contribution in [2.75, 3.05) is 18.1 Å². The second-order valence-corrected chi connectivity index (χ2v) is 5.26. The van der Waals surface area contributed by atoms with Crippen molar-refractivity contribution in [3.05, 3.63) is 0 Å². The van der Waals surface area contributed by atoms with Gasteiger partial charge in [-0.2, -0.15) is 17.0 Å². The van der Waals surface area contributed by atoms with Crippen LogP contribution in [0.3, 0.4) is 0 Å². The molecule has 3 N–H and O–H groups in total. The van der Waals surface area contributed by atoms with Crippen LogP contribution >= 0.6 is 11.8 Å². The number of nitrogens with zero attached hydrogens (tertiary/aromatic N) is 1. The Balaban J connectivity index is 2.25. The van der Waals surface area contributed by atoms with Gasteiger partial charge in [-0.1, -0.05) is 6.92 Å². The quantitative estimate of drug-likeness (QED) is 0.691. The molecule has 4 heteroatoms. The Bertz CT molecular complexity index is 225. The Labute approximate surface area is 89.7 Å². The Hall–Kier alpha value is -0.240. The van der Waals surface area contributed by atoms with Crippen molar-refractivity contribution in [3.8, 4) is 6.07 Å². The number of aliphatic hydroxyl groups excluding tert-OH is 1. The second-order valence-electron chi connectivity index (χ2n) is 4.23. The standard InChI is InChI=1S/C10H18N2OS/c1-8(4-13)5-14-7-10(12,6-11)9-2-3-9/h8-9,13H,2-5,7,12H2,1H3. The number of aliphatic hydroxyl groups is 1.